The van der Waals surface area contributed by atoms with E-state index < -0.39 is 0 Å². The summed E-state index contributed by atoms with van der Waals surface area (Å²) in [5, 5.41) is 7.12. The van der Waals surface area contributed by atoms with Crippen LogP contribution in [0.5, 0.6) is 0 Å². The molecule has 2 N–H and O–H groups in total. The number of nitrogens with one attached hydrogen (secondary N) is 2. The normalized spacial score (nSPS) is 10.5. The van der Waals surface area contributed by atoms with E-state index in [-0.39, 0.29) is 5.82 Å². The second-order valence-corrected chi connectivity index (χ2v) is 5.92. The largest absolute Gasteiger partial charge is 0.340 e. The summed E-state index contributed by atoms with van der Waals surface area (Å²) in [7, 11) is 0. The number of halogens is 3. The molecule has 0 amide bonds. The quantitative estimate of drug-likeness (QED) is 0.623. The Bertz CT molecular complexity index is 869. The van der Waals surface area contributed by atoms with Gasteiger partial charge >= 0.3 is 0 Å². The number of hydrogen-bond acceptors (Lipinski definition) is 4. The smallest absolute Gasteiger partial charge is 0.229 e. The summed E-state index contributed by atoms with van der Waals surface area (Å²) < 4.78 is 13.0. The number of aryl methyl sites for hydroxylation is 1. The molecular formula is C17H13Cl2FN4. The van der Waals surface area contributed by atoms with E-state index in [0.29, 0.717) is 21.8 Å². The van der Waals surface area contributed by atoms with Crippen LogP contribution in [0.3, 0.4) is 0 Å². The van der Waals surface area contributed by atoms with Crippen LogP contribution >= 0.6 is 23.2 Å². The Morgan fingerprint density at radius 1 is 0.833 bits per heavy atom. The molecule has 4 nitrogen and oxygen atoms in total. The first-order valence-electron chi connectivity index (χ1n) is 7.10. The van der Waals surface area contributed by atoms with Crippen LogP contribution in [0.1, 0.15) is 5.69 Å². The van der Waals surface area contributed by atoms with E-state index in [9.17, 15) is 4.39 Å². The van der Waals surface area contributed by atoms with Crippen molar-refractivity contribution in [2.75, 3.05) is 10.6 Å². The zero-order chi connectivity index (χ0) is 17.1. The van der Waals surface area contributed by atoms with Crippen LogP contribution in [0.25, 0.3) is 0 Å². The van der Waals surface area contributed by atoms with Gasteiger partial charge in [0.2, 0.25) is 5.95 Å². The van der Waals surface area contributed by atoms with Gasteiger partial charge in [0.15, 0.2) is 0 Å². The van der Waals surface area contributed by atoms with Gasteiger partial charge in [-0.3, -0.25) is 0 Å². The number of rotatable bonds is 4. The van der Waals surface area contributed by atoms with E-state index in [2.05, 4.69) is 20.6 Å². The van der Waals surface area contributed by atoms with Gasteiger partial charge in [0, 0.05) is 23.1 Å². The van der Waals surface area contributed by atoms with Gasteiger partial charge < -0.3 is 10.6 Å². The first-order valence-corrected chi connectivity index (χ1v) is 7.85. The average Bonchev–Trinajstić information content (AvgIpc) is 2.53. The molecule has 122 valence electrons. The van der Waals surface area contributed by atoms with Crippen LogP contribution in [0, 0.1) is 12.7 Å². The molecule has 0 saturated carbocycles. The summed E-state index contributed by atoms with van der Waals surface area (Å²) in [5.74, 6) is 0.719. The maximum Gasteiger partial charge on any atom is 0.229 e. The van der Waals surface area contributed by atoms with Crippen LogP contribution in [-0.4, -0.2) is 9.97 Å². The molecule has 2 aromatic carbocycles. The zero-order valence-corrected chi connectivity index (χ0v) is 14.2. The standard InChI is InChI=1S/C17H13Cl2FN4/c1-10-8-16(22-12-4-2-11(20)3-5-12)24-17(21-10)23-13-6-7-14(18)15(19)9-13/h2-9H,1H3,(H2,21,22,23,24). The summed E-state index contributed by atoms with van der Waals surface area (Å²) in [4.78, 5) is 8.73. The highest BCUT2D eigenvalue weighted by molar-refractivity contribution is 6.42. The minimum atomic E-state index is -0.290. The van der Waals surface area contributed by atoms with Gasteiger partial charge in [-0.15, -0.1) is 0 Å². The van der Waals surface area contributed by atoms with Crippen molar-refractivity contribution >= 4 is 46.3 Å². The molecule has 0 fully saturated rings. The lowest BCUT2D eigenvalue weighted by Crippen LogP contribution is -2.02. The number of hydrogen-bond donors (Lipinski definition) is 2. The fraction of sp³-hybridized carbons (Fsp3) is 0.0588. The Hall–Kier alpha value is -2.37. The highest BCUT2D eigenvalue weighted by atomic mass is 35.5. The van der Waals surface area contributed by atoms with Crippen molar-refractivity contribution in [1.29, 1.82) is 0 Å². The molecule has 0 bridgehead atoms. The van der Waals surface area contributed by atoms with Crippen molar-refractivity contribution in [3.8, 4) is 0 Å². The first-order chi connectivity index (χ1) is 11.5. The maximum atomic E-state index is 13.0. The van der Waals surface area contributed by atoms with Gasteiger partial charge in [-0.1, -0.05) is 23.2 Å². The lowest BCUT2D eigenvalue weighted by atomic mass is 10.3. The third-order valence-electron chi connectivity index (χ3n) is 3.15. The molecular weight excluding hydrogens is 350 g/mol. The minimum absolute atomic E-state index is 0.290. The summed E-state index contributed by atoms with van der Waals surface area (Å²) in [6, 6.07) is 13.0. The number of benzene rings is 2. The Kier molecular flexibility index (Phi) is 4.83. The molecule has 3 aromatic rings. The third kappa shape index (κ3) is 4.13. The summed E-state index contributed by atoms with van der Waals surface area (Å²) in [6.45, 7) is 1.86. The van der Waals surface area contributed by atoms with Gasteiger partial charge in [-0.25, -0.2) is 9.37 Å². The molecule has 1 aromatic heterocycles. The van der Waals surface area contributed by atoms with Gasteiger partial charge in [-0.2, -0.15) is 4.98 Å². The monoisotopic (exact) mass is 362 g/mol. The fourth-order valence-corrected chi connectivity index (χ4v) is 2.37. The van der Waals surface area contributed by atoms with Crippen LogP contribution < -0.4 is 10.6 Å². The average molecular weight is 363 g/mol. The first kappa shape index (κ1) is 16.5. The molecule has 0 unspecified atom stereocenters. The fourth-order valence-electron chi connectivity index (χ4n) is 2.07. The number of anilines is 4. The lowest BCUT2D eigenvalue weighted by molar-refractivity contribution is 0.628. The zero-order valence-electron chi connectivity index (χ0n) is 12.6. The molecule has 1 heterocycles. The Morgan fingerprint density at radius 2 is 1.54 bits per heavy atom. The summed E-state index contributed by atoms with van der Waals surface area (Å²) in [6.07, 6.45) is 0. The van der Waals surface area contributed by atoms with Crippen molar-refractivity contribution < 1.29 is 4.39 Å². The van der Waals surface area contributed by atoms with E-state index in [1.165, 1.54) is 12.1 Å². The van der Waals surface area contributed by atoms with Gasteiger partial charge in [0.05, 0.1) is 10.0 Å². The van der Waals surface area contributed by atoms with Crippen LogP contribution in [0.4, 0.5) is 27.5 Å². The molecule has 0 atom stereocenters. The van der Waals surface area contributed by atoms with Crippen molar-refractivity contribution in [2.24, 2.45) is 0 Å². The summed E-state index contributed by atoms with van der Waals surface area (Å²) >= 11 is 11.9. The van der Waals surface area contributed by atoms with Gasteiger partial charge in [0.1, 0.15) is 11.6 Å². The van der Waals surface area contributed by atoms with Gasteiger partial charge in [0.25, 0.3) is 0 Å². The van der Waals surface area contributed by atoms with E-state index in [4.69, 9.17) is 23.2 Å². The van der Waals surface area contributed by atoms with E-state index in [0.717, 1.165) is 17.1 Å². The minimum Gasteiger partial charge on any atom is -0.340 e. The van der Waals surface area contributed by atoms with E-state index in [1.807, 2.05) is 6.92 Å². The molecule has 0 radical (unpaired) electrons. The van der Waals surface area contributed by atoms with E-state index in [1.54, 1.807) is 36.4 Å². The molecule has 0 aliphatic carbocycles. The topological polar surface area (TPSA) is 49.8 Å². The van der Waals surface area contributed by atoms with E-state index >= 15 is 0 Å². The van der Waals surface area contributed by atoms with Crippen molar-refractivity contribution in [2.45, 2.75) is 6.92 Å². The highest BCUT2D eigenvalue weighted by Gasteiger charge is 2.05. The van der Waals surface area contributed by atoms with Gasteiger partial charge in [-0.05, 0) is 49.4 Å². The maximum absolute atomic E-state index is 13.0. The van der Waals surface area contributed by atoms with Crippen LogP contribution in [-0.2, 0) is 0 Å². The molecule has 24 heavy (non-hydrogen) atoms. The Labute approximate surface area is 148 Å². The van der Waals surface area contributed by atoms with Crippen molar-refractivity contribution in [3.63, 3.8) is 0 Å². The van der Waals surface area contributed by atoms with Crippen LogP contribution in [0.15, 0.2) is 48.5 Å². The SMILES string of the molecule is Cc1cc(Nc2ccc(F)cc2)nc(Nc2ccc(Cl)c(Cl)c2)n1. The second kappa shape index (κ2) is 7.03. The lowest BCUT2D eigenvalue weighted by Gasteiger charge is -2.10. The predicted octanol–water partition coefficient (Wildman–Crippen LogP) is 5.72. The molecule has 0 aliphatic heterocycles. The molecule has 0 spiro atoms. The Balaban J connectivity index is 1.82. The molecule has 3 rings (SSSR count). The Morgan fingerprint density at radius 3 is 2.25 bits per heavy atom. The summed E-state index contributed by atoms with van der Waals surface area (Å²) in [5.41, 5.74) is 2.23. The van der Waals surface area contributed by atoms with Crippen molar-refractivity contribution in [1.82, 2.24) is 9.97 Å². The molecule has 7 heteroatoms. The highest BCUT2D eigenvalue weighted by Crippen LogP contribution is 2.26. The molecule has 0 aliphatic rings. The van der Waals surface area contributed by atoms with Crippen molar-refractivity contribution in [3.05, 3.63) is 70.1 Å². The number of aromatic nitrogens is 2. The third-order valence-corrected chi connectivity index (χ3v) is 3.89. The molecule has 0 saturated heterocycles. The van der Waals surface area contributed by atoms with Crippen LogP contribution in [0.2, 0.25) is 10.0 Å². The predicted molar refractivity (Wildman–Crippen MR) is 96.2 cm³/mol. The second-order valence-electron chi connectivity index (χ2n) is 5.10. The number of nitrogens with zero attached hydrogens (tertiary/aromatic N) is 2.